The van der Waals surface area contributed by atoms with Crippen LogP contribution in [-0.2, 0) is 6.42 Å². The topological polar surface area (TPSA) is 25.6 Å². The van der Waals surface area contributed by atoms with Gasteiger partial charge in [-0.15, -0.1) is 0 Å². The first-order valence-corrected chi connectivity index (χ1v) is 6.25. The monoisotopic (exact) mass is 249 g/mol. The molecule has 1 aliphatic rings. The smallest absolute Gasteiger partial charge is 0.140 e. The fourth-order valence-corrected chi connectivity index (χ4v) is 2.40. The molecule has 0 N–H and O–H groups in total. The number of rotatable bonds is 0. The molecule has 2 aromatic rings. The van der Waals surface area contributed by atoms with E-state index in [4.69, 9.17) is 9.15 Å². The summed E-state index contributed by atoms with van der Waals surface area (Å²) >= 11 is 0. The summed E-state index contributed by atoms with van der Waals surface area (Å²) in [5.74, 6) is 0.297. The van der Waals surface area contributed by atoms with E-state index in [1.54, 1.807) is 6.26 Å². The minimum Gasteiger partial charge on any atom is -0.493 e. The van der Waals surface area contributed by atoms with Crippen LogP contribution in [-0.4, -0.2) is 31.6 Å². The van der Waals surface area contributed by atoms with Gasteiger partial charge in [-0.3, -0.25) is 0 Å². The molecule has 2 heterocycles. The Bertz CT molecular complexity index is 564. The molecule has 1 aromatic carbocycles. The number of furan rings is 1. The maximum absolute atomic E-state index is 13.4. The highest BCUT2D eigenvalue weighted by molar-refractivity contribution is 5.87. The summed E-state index contributed by atoms with van der Waals surface area (Å²) in [5.41, 5.74) is 1.66. The van der Waals surface area contributed by atoms with Crippen molar-refractivity contribution in [1.29, 1.82) is 0 Å². The predicted molar refractivity (Wildman–Crippen MR) is 67.5 cm³/mol. The molecule has 4 heteroatoms. The van der Waals surface area contributed by atoms with Gasteiger partial charge < -0.3 is 14.1 Å². The molecule has 0 saturated carbocycles. The molecule has 0 amide bonds. The Balaban J connectivity index is 2.09. The Kier molecular flexibility index (Phi) is 2.96. The zero-order valence-corrected chi connectivity index (χ0v) is 10.4. The first-order valence-electron chi connectivity index (χ1n) is 6.25. The molecule has 3 rings (SSSR count). The third-order valence-electron chi connectivity index (χ3n) is 3.38. The van der Waals surface area contributed by atoms with Crippen molar-refractivity contribution in [2.24, 2.45) is 0 Å². The predicted octanol–water partition coefficient (Wildman–Crippen LogP) is 2.83. The molecule has 1 aliphatic heterocycles. The summed E-state index contributed by atoms with van der Waals surface area (Å²) in [6.07, 6.45) is 3.56. The summed E-state index contributed by atoms with van der Waals surface area (Å²) in [7, 11) is 2.10. The van der Waals surface area contributed by atoms with E-state index in [2.05, 4.69) is 11.9 Å². The largest absolute Gasteiger partial charge is 0.493 e. The first kappa shape index (κ1) is 11.5. The summed E-state index contributed by atoms with van der Waals surface area (Å²) in [5, 5.41) is 0.923. The molecule has 0 atom stereocenters. The SMILES string of the molecule is CN1CCCOc2cc(F)cc3occ(c23)CC1. The van der Waals surface area contributed by atoms with Crippen molar-refractivity contribution in [3.63, 3.8) is 0 Å². The molecule has 0 unspecified atom stereocenters. The van der Waals surface area contributed by atoms with E-state index in [1.807, 2.05) is 0 Å². The van der Waals surface area contributed by atoms with Gasteiger partial charge in [0.05, 0.1) is 18.3 Å². The van der Waals surface area contributed by atoms with Crippen molar-refractivity contribution in [1.82, 2.24) is 4.90 Å². The molecule has 3 nitrogen and oxygen atoms in total. The third-order valence-corrected chi connectivity index (χ3v) is 3.38. The van der Waals surface area contributed by atoms with Crippen LogP contribution in [0.1, 0.15) is 12.0 Å². The number of hydrogen-bond donors (Lipinski definition) is 0. The molecular weight excluding hydrogens is 233 g/mol. The van der Waals surface area contributed by atoms with Gasteiger partial charge in [0.1, 0.15) is 17.1 Å². The highest BCUT2D eigenvalue weighted by atomic mass is 19.1. The fourth-order valence-electron chi connectivity index (χ4n) is 2.40. The second-order valence-corrected chi connectivity index (χ2v) is 4.79. The lowest BCUT2D eigenvalue weighted by molar-refractivity contribution is 0.262. The van der Waals surface area contributed by atoms with Gasteiger partial charge in [-0.25, -0.2) is 4.39 Å². The summed E-state index contributed by atoms with van der Waals surface area (Å²) in [6.45, 7) is 2.57. The first-order chi connectivity index (χ1) is 8.74. The number of nitrogens with zero attached hydrogens (tertiary/aromatic N) is 1. The van der Waals surface area contributed by atoms with Gasteiger partial charge >= 0.3 is 0 Å². The van der Waals surface area contributed by atoms with E-state index in [9.17, 15) is 4.39 Å². The van der Waals surface area contributed by atoms with Crippen molar-refractivity contribution in [3.05, 3.63) is 29.8 Å². The van der Waals surface area contributed by atoms with Gasteiger partial charge in [0.2, 0.25) is 0 Å². The van der Waals surface area contributed by atoms with E-state index in [1.165, 1.54) is 12.1 Å². The lowest BCUT2D eigenvalue weighted by atomic mass is 10.1. The van der Waals surface area contributed by atoms with Crippen molar-refractivity contribution < 1.29 is 13.5 Å². The number of benzene rings is 1. The lowest BCUT2D eigenvalue weighted by Gasteiger charge is -2.18. The zero-order valence-electron chi connectivity index (χ0n) is 10.4. The molecular formula is C14H16FNO2. The quantitative estimate of drug-likeness (QED) is 0.718. The number of likely N-dealkylation sites (N-methyl/N-ethyl adjacent to an activating group) is 1. The van der Waals surface area contributed by atoms with Crippen LogP contribution in [0, 0.1) is 5.82 Å². The average molecular weight is 249 g/mol. The van der Waals surface area contributed by atoms with E-state index < -0.39 is 0 Å². The van der Waals surface area contributed by atoms with E-state index >= 15 is 0 Å². The minimum absolute atomic E-state index is 0.312. The van der Waals surface area contributed by atoms with Gasteiger partial charge in [0.15, 0.2) is 0 Å². The molecule has 96 valence electrons. The highest BCUT2D eigenvalue weighted by Crippen LogP contribution is 2.32. The Morgan fingerprint density at radius 3 is 3.06 bits per heavy atom. The van der Waals surface area contributed by atoms with E-state index in [-0.39, 0.29) is 5.82 Å². The Morgan fingerprint density at radius 2 is 2.17 bits per heavy atom. The van der Waals surface area contributed by atoms with Crippen molar-refractivity contribution >= 4 is 11.0 Å². The van der Waals surface area contributed by atoms with Gasteiger partial charge in [-0.2, -0.15) is 0 Å². The molecule has 0 aliphatic carbocycles. The molecule has 0 bridgehead atoms. The Hall–Kier alpha value is -1.55. The standard InChI is InChI=1S/C14H16FNO2/c1-16-4-2-6-17-12-7-11(15)8-13-14(12)10(3-5-16)9-18-13/h7-9H,2-6H2,1H3. The highest BCUT2D eigenvalue weighted by Gasteiger charge is 2.15. The van der Waals surface area contributed by atoms with Crippen LogP contribution in [0.5, 0.6) is 5.75 Å². The fraction of sp³-hybridized carbons (Fsp3) is 0.429. The molecule has 0 fully saturated rings. The van der Waals surface area contributed by atoms with Crippen molar-refractivity contribution in [2.45, 2.75) is 12.8 Å². The van der Waals surface area contributed by atoms with Crippen LogP contribution in [0.25, 0.3) is 11.0 Å². The maximum Gasteiger partial charge on any atom is 0.140 e. The van der Waals surface area contributed by atoms with Gasteiger partial charge in [0, 0.05) is 30.8 Å². The Morgan fingerprint density at radius 1 is 1.28 bits per heavy atom. The minimum atomic E-state index is -0.312. The average Bonchev–Trinajstić information content (AvgIpc) is 2.74. The van der Waals surface area contributed by atoms with E-state index in [0.717, 1.165) is 36.9 Å². The molecule has 0 radical (unpaired) electrons. The van der Waals surface area contributed by atoms with Gasteiger partial charge in [-0.05, 0) is 19.9 Å². The zero-order chi connectivity index (χ0) is 12.5. The van der Waals surface area contributed by atoms with Crippen LogP contribution in [0.3, 0.4) is 0 Å². The van der Waals surface area contributed by atoms with Crippen LogP contribution < -0.4 is 4.74 Å². The second-order valence-electron chi connectivity index (χ2n) is 4.79. The number of halogens is 1. The summed E-state index contributed by atoms with van der Waals surface area (Å²) in [4.78, 5) is 2.27. The molecule has 18 heavy (non-hydrogen) atoms. The van der Waals surface area contributed by atoms with Crippen molar-refractivity contribution in [2.75, 3.05) is 26.7 Å². The molecule has 1 aromatic heterocycles. The van der Waals surface area contributed by atoms with Crippen LogP contribution >= 0.6 is 0 Å². The molecule has 0 spiro atoms. The summed E-state index contributed by atoms with van der Waals surface area (Å²) < 4.78 is 24.6. The van der Waals surface area contributed by atoms with Crippen LogP contribution in [0.4, 0.5) is 4.39 Å². The van der Waals surface area contributed by atoms with Crippen LogP contribution in [0.15, 0.2) is 22.8 Å². The van der Waals surface area contributed by atoms with Gasteiger partial charge in [-0.1, -0.05) is 0 Å². The van der Waals surface area contributed by atoms with Crippen molar-refractivity contribution in [3.8, 4) is 5.75 Å². The van der Waals surface area contributed by atoms with Crippen LogP contribution in [0.2, 0.25) is 0 Å². The normalized spacial score (nSPS) is 17.7. The van der Waals surface area contributed by atoms with Gasteiger partial charge in [0.25, 0.3) is 0 Å². The van der Waals surface area contributed by atoms with E-state index in [0.29, 0.717) is 17.9 Å². The second kappa shape index (κ2) is 4.61. The lowest BCUT2D eigenvalue weighted by Crippen LogP contribution is -2.24. The Labute approximate surface area is 105 Å². The number of hydrogen-bond acceptors (Lipinski definition) is 3. The maximum atomic E-state index is 13.4. The molecule has 0 saturated heterocycles. The number of ether oxygens (including phenoxy) is 1. The summed E-state index contributed by atoms with van der Waals surface area (Å²) in [6, 6.07) is 2.87. The third kappa shape index (κ3) is 2.08.